The molecule has 2 heterocycles. The molecule has 0 N–H and O–H groups in total. The molecule has 204 valence electrons. The Morgan fingerprint density at radius 2 is 1.68 bits per heavy atom. The highest BCUT2D eigenvalue weighted by Gasteiger charge is 2.19. The Morgan fingerprint density at radius 1 is 0.925 bits per heavy atom. The molecule has 3 aromatic carbocycles. The number of para-hydroxylation sites is 1. The van der Waals surface area contributed by atoms with Gasteiger partial charge in [0.1, 0.15) is 5.75 Å². The summed E-state index contributed by atoms with van der Waals surface area (Å²) in [6, 6.07) is 20.1. The first-order chi connectivity index (χ1) is 19.1. The van der Waals surface area contributed by atoms with Gasteiger partial charge in [0.15, 0.2) is 5.82 Å². The molecule has 0 spiro atoms. The van der Waals surface area contributed by atoms with Crippen molar-refractivity contribution in [1.29, 1.82) is 0 Å². The minimum Gasteiger partial charge on any atom is -0.496 e. The van der Waals surface area contributed by atoms with Crippen LogP contribution in [-0.4, -0.2) is 27.6 Å². The van der Waals surface area contributed by atoms with E-state index in [1.807, 2.05) is 31.2 Å². The van der Waals surface area contributed by atoms with E-state index in [0.717, 1.165) is 45.1 Å². The standard InChI is InChI=1S/C34H36N4O2/c1-20(2)28-18-29(23(5)16-32(28)40-8)33-36-30-12-10-9-11-27(30)34(39)38(33)35-19-26-17-24(6)37(25(26)7)31-15-21(3)13-14-22(31)4/h9-20H,1-8H3. The molecule has 0 bridgehead atoms. The van der Waals surface area contributed by atoms with Crippen molar-refractivity contribution in [3.8, 4) is 22.8 Å². The van der Waals surface area contributed by atoms with Crippen LogP contribution in [0.15, 0.2) is 70.6 Å². The van der Waals surface area contributed by atoms with Crippen LogP contribution in [0.25, 0.3) is 28.0 Å². The van der Waals surface area contributed by atoms with E-state index >= 15 is 0 Å². The summed E-state index contributed by atoms with van der Waals surface area (Å²) < 4.78 is 9.35. The summed E-state index contributed by atoms with van der Waals surface area (Å²) in [5.74, 6) is 1.56. The van der Waals surface area contributed by atoms with Gasteiger partial charge < -0.3 is 9.30 Å². The van der Waals surface area contributed by atoms with Crippen molar-refractivity contribution in [3.05, 3.63) is 110 Å². The Bertz CT molecular complexity index is 1840. The lowest BCUT2D eigenvalue weighted by Crippen LogP contribution is -2.21. The minimum absolute atomic E-state index is 0.207. The van der Waals surface area contributed by atoms with E-state index in [1.54, 1.807) is 19.4 Å². The quantitative estimate of drug-likeness (QED) is 0.214. The van der Waals surface area contributed by atoms with Gasteiger partial charge in [-0.25, -0.2) is 4.98 Å². The third-order valence-corrected chi connectivity index (χ3v) is 7.58. The average molecular weight is 533 g/mol. The van der Waals surface area contributed by atoms with Crippen LogP contribution in [0.4, 0.5) is 0 Å². The number of nitrogens with zero attached hydrogens (tertiary/aromatic N) is 4. The zero-order chi connectivity index (χ0) is 28.7. The summed E-state index contributed by atoms with van der Waals surface area (Å²) in [6.07, 6.45) is 1.77. The normalized spacial score (nSPS) is 11.7. The maximum Gasteiger partial charge on any atom is 0.282 e. The Kier molecular flexibility index (Phi) is 7.19. The summed E-state index contributed by atoms with van der Waals surface area (Å²) in [7, 11) is 1.68. The van der Waals surface area contributed by atoms with E-state index < -0.39 is 0 Å². The molecule has 5 rings (SSSR count). The fourth-order valence-corrected chi connectivity index (χ4v) is 5.34. The summed E-state index contributed by atoms with van der Waals surface area (Å²) in [4.78, 5) is 18.8. The maximum atomic E-state index is 13.8. The Morgan fingerprint density at radius 3 is 2.40 bits per heavy atom. The lowest BCUT2D eigenvalue weighted by molar-refractivity contribution is 0.407. The largest absolute Gasteiger partial charge is 0.496 e. The molecule has 40 heavy (non-hydrogen) atoms. The summed E-state index contributed by atoms with van der Waals surface area (Å²) in [5.41, 5.74) is 9.95. The molecule has 5 aromatic rings. The number of ether oxygens (including phenoxy) is 1. The molecule has 6 heteroatoms. The Balaban J connectivity index is 1.72. The average Bonchev–Trinajstić information content (AvgIpc) is 3.21. The van der Waals surface area contributed by atoms with Crippen molar-refractivity contribution in [2.24, 2.45) is 5.10 Å². The topological polar surface area (TPSA) is 61.4 Å². The van der Waals surface area contributed by atoms with Gasteiger partial charge in [0.2, 0.25) is 0 Å². The van der Waals surface area contributed by atoms with Crippen LogP contribution in [0.3, 0.4) is 0 Å². The Hall–Kier alpha value is -4.45. The lowest BCUT2D eigenvalue weighted by Gasteiger charge is -2.17. The van der Waals surface area contributed by atoms with Gasteiger partial charge in [-0.05, 0) is 99.2 Å². The molecule has 0 saturated carbocycles. The molecule has 2 aromatic heterocycles. The molecule has 0 atom stereocenters. The second kappa shape index (κ2) is 10.6. The smallest absolute Gasteiger partial charge is 0.282 e. The van der Waals surface area contributed by atoms with Crippen molar-refractivity contribution in [2.75, 3.05) is 7.11 Å². The third-order valence-electron chi connectivity index (χ3n) is 7.58. The molecular weight excluding hydrogens is 496 g/mol. The summed E-state index contributed by atoms with van der Waals surface area (Å²) >= 11 is 0. The number of rotatable bonds is 6. The lowest BCUT2D eigenvalue weighted by atomic mass is 9.96. The van der Waals surface area contributed by atoms with Crippen molar-refractivity contribution in [1.82, 2.24) is 14.2 Å². The van der Waals surface area contributed by atoms with Crippen molar-refractivity contribution < 1.29 is 4.74 Å². The molecule has 0 fully saturated rings. The van der Waals surface area contributed by atoms with Gasteiger partial charge in [-0.3, -0.25) is 4.79 Å². The van der Waals surface area contributed by atoms with Crippen molar-refractivity contribution >= 4 is 17.1 Å². The highest BCUT2D eigenvalue weighted by atomic mass is 16.5. The molecular formula is C34H36N4O2. The van der Waals surface area contributed by atoms with Gasteiger partial charge >= 0.3 is 0 Å². The van der Waals surface area contributed by atoms with Crippen LogP contribution in [0, 0.1) is 34.6 Å². The number of fused-ring (bicyclic) bond motifs is 1. The first-order valence-corrected chi connectivity index (χ1v) is 13.6. The molecule has 0 aliphatic carbocycles. The van der Waals surface area contributed by atoms with Crippen molar-refractivity contribution in [2.45, 2.75) is 54.4 Å². The zero-order valence-corrected chi connectivity index (χ0v) is 24.5. The monoisotopic (exact) mass is 532 g/mol. The number of aromatic nitrogens is 3. The summed E-state index contributed by atoms with van der Waals surface area (Å²) in [5, 5.41) is 5.31. The molecule has 0 unspecified atom stereocenters. The molecule has 0 aliphatic rings. The maximum absolute atomic E-state index is 13.8. The van der Waals surface area contributed by atoms with Crippen LogP contribution in [0.1, 0.15) is 59.0 Å². The highest BCUT2D eigenvalue weighted by Crippen LogP contribution is 2.34. The number of hydrogen-bond acceptors (Lipinski definition) is 4. The molecule has 6 nitrogen and oxygen atoms in total. The van der Waals surface area contributed by atoms with Gasteiger partial charge in [0, 0.05) is 28.2 Å². The number of methoxy groups -OCH3 is 1. The Labute approximate surface area is 235 Å². The van der Waals surface area contributed by atoms with Crippen LogP contribution in [-0.2, 0) is 0 Å². The first-order valence-electron chi connectivity index (χ1n) is 13.6. The van der Waals surface area contributed by atoms with Crippen LogP contribution in [0.5, 0.6) is 5.75 Å². The predicted octanol–water partition coefficient (Wildman–Crippen LogP) is 7.41. The fraction of sp³-hybridized carbons (Fsp3) is 0.265. The van der Waals surface area contributed by atoms with Gasteiger partial charge in [-0.2, -0.15) is 9.78 Å². The molecule has 0 radical (unpaired) electrons. The minimum atomic E-state index is -0.207. The van der Waals surface area contributed by atoms with E-state index in [4.69, 9.17) is 14.8 Å². The van der Waals surface area contributed by atoms with Gasteiger partial charge in [-0.15, -0.1) is 0 Å². The van der Waals surface area contributed by atoms with E-state index in [-0.39, 0.29) is 11.5 Å². The van der Waals surface area contributed by atoms with Crippen LogP contribution in [0.2, 0.25) is 0 Å². The third kappa shape index (κ3) is 4.75. The van der Waals surface area contributed by atoms with Crippen molar-refractivity contribution in [3.63, 3.8) is 0 Å². The van der Waals surface area contributed by atoms with E-state index in [0.29, 0.717) is 16.7 Å². The fourth-order valence-electron chi connectivity index (χ4n) is 5.34. The van der Waals surface area contributed by atoms with Gasteiger partial charge in [0.25, 0.3) is 5.56 Å². The van der Waals surface area contributed by atoms with Crippen LogP contribution >= 0.6 is 0 Å². The molecule has 0 saturated heterocycles. The first kappa shape index (κ1) is 27.1. The van der Waals surface area contributed by atoms with E-state index in [1.165, 1.54) is 15.8 Å². The van der Waals surface area contributed by atoms with Crippen LogP contribution < -0.4 is 10.3 Å². The number of aryl methyl sites for hydroxylation is 4. The second-order valence-electron chi connectivity index (χ2n) is 10.8. The van der Waals surface area contributed by atoms with E-state index in [2.05, 4.69) is 76.4 Å². The van der Waals surface area contributed by atoms with Gasteiger partial charge in [-0.1, -0.05) is 38.1 Å². The number of hydrogen-bond donors (Lipinski definition) is 0. The molecule has 0 amide bonds. The SMILES string of the molecule is COc1cc(C)c(-c2nc3ccccc3c(=O)n2N=Cc2cc(C)n(-c3cc(C)ccc3C)c2C)cc1C(C)C. The molecule has 0 aliphatic heterocycles. The summed E-state index contributed by atoms with van der Waals surface area (Å²) in [6.45, 7) is 14.7. The van der Waals surface area contributed by atoms with E-state index in [9.17, 15) is 4.79 Å². The second-order valence-corrected chi connectivity index (χ2v) is 10.8. The van der Waals surface area contributed by atoms with Gasteiger partial charge in [0.05, 0.1) is 24.2 Å². The highest BCUT2D eigenvalue weighted by molar-refractivity contribution is 5.84. The zero-order valence-electron chi connectivity index (χ0n) is 24.5. The predicted molar refractivity (Wildman–Crippen MR) is 165 cm³/mol. The number of benzene rings is 3.